The van der Waals surface area contributed by atoms with Gasteiger partial charge in [-0.05, 0) is 38.6 Å². The number of carbonyl (C=O) groups is 1. The van der Waals surface area contributed by atoms with Crippen LogP contribution in [0, 0.1) is 0 Å². The normalized spacial score (nSPS) is 15.9. The molecule has 0 aliphatic carbocycles. The van der Waals surface area contributed by atoms with Crippen molar-refractivity contribution in [1.82, 2.24) is 10.2 Å². The number of hydrogen-bond acceptors (Lipinski definition) is 3. The topological polar surface area (TPSA) is 52.6 Å². The number of piperidine rings is 1. The molecule has 1 aliphatic heterocycles. The van der Waals surface area contributed by atoms with Crippen LogP contribution in [0.5, 0.6) is 0 Å². The van der Waals surface area contributed by atoms with E-state index in [-0.39, 0.29) is 0 Å². The maximum atomic E-state index is 11.8. The Bertz CT molecular complexity index is 216. The zero-order chi connectivity index (χ0) is 13.1. The van der Waals surface area contributed by atoms with E-state index >= 15 is 0 Å². The van der Waals surface area contributed by atoms with Gasteiger partial charge in [0.1, 0.15) is 0 Å². The summed E-state index contributed by atoms with van der Waals surface area (Å²) < 4.78 is 0. The summed E-state index contributed by atoms with van der Waals surface area (Å²) >= 11 is 0. The molecule has 0 unspecified atom stereocenters. The van der Waals surface area contributed by atoms with Crippen LogP contribution in [0.15, 0.2) is 0 Å². The van der Waals surface area contributed by atoms with Crippen LogP contribution in [0.3, 0.4) is 0 Å². The van der Waals surface area contributed by atoms with E-state index in [2.05, 4.69) is 5.32 Å². The number of amides is 1. The molecule has 4 nitrogen and oxygen atoms in total. The first kappa shape index (κ1) is 15.4. The molecular formula is C14H28N2O2. The lowest BCUT2D eigenvalue weighted by molar-refractivity contribution is -0.131. The molecule has 1 heterocycles. The smallest absolute Gasteiger partial charge is 0.223 e. The maximum Gasteiger partial charge on any atom is 0.223 e. The van der Waals surface area contributed by atoms with Gasteiger partial charge >= 0.3 is 0 Å². The van der Waals surface area contributed by atoms with Crippen molar-refractivity contribution in [1.29, 1.82) is 0 Å². The van der Waals surface area contributed by atoms with Crippen LogP contribution >= 0.6 is 0 Å². The predicted molar refractivity (Wildman–Crippen MR) is 73.5 cm³/mol. The number of aliphatic hydroxyl groups is 1. The van der Waals surface area contributed by atoms with Crippen molar-refractivity contribution < 1.29 is 9.90 Å². The number of nitrogens with one attached hydrogen (secondary N) is 1. The highest BCUT2D eigenvalue weighted by Crippen LogP contribution is 2.09. The van der Waals surface area contributed by atoms with Gasteiger partial charge in [-0.2, -0.15) is 0 Å². The first-order chi connectivity index (χ1) is 8.84. The highest BCUT2D eigenvalue weighted by molar-refractivity contribution is 5.76. The minimum Gasteiger partial charge on any atom is -0.396 e. The summed E-state index contributed by atoms with van der Waals surface area (Å²) in [5.74, 6) is 0.308. The Morgan fingerprint density at radius 3 is 2.44 bits per heavy atom. The van der Waals surface area contributed by atoms with Gasteiger partial charge in [-0.25, -0.2) is 0 Å². The summed E-state index contributed by atoms with van der Waals surface area (Å²) in [7, 11) is 0. The fraction of sp³-hybridized carbons (Fsp3) is 0.929. The molecule has 106 valence electrons. The average Bonchev–Trinajstić information content (AvgIpc) is 2.42. The standard InChI is InChI=1S/C14H28N2O2/c17-13-7-2-1-4-9-15-10-8-14(18)16-11-5-3-6-12-16/h15,17H,1-13H2. The van der Waals surface area contributed by atoms with Gasteiger partial charge in [-0.1, -0.05) is 12.8 Å². The lowest BCUT2D eigenvalue weighted by Gasteiger charge is -2.26. The number of carbonyl (C=O) groups excluding carboxylic acids is 1. The van der Waals surface area contributed by atoms with E-state index in [1.165, 1.54) is 19.3 Å². The molecule has 0 spiro atoms. The monoisotopic (exact) mass is 256 g/mol. The minimum absolute atomic E-state index is 0.303. The Balaban J connectivity index is 1.89. The van der Waals surface area contributed by atoms with Crippen molar-refractivity contribution in [3.8, 4) is 0 Å². The van der Waals surface area contributed by atoms with E-state index in [1.54, 1.807) is 0 Å². The first-order valence-corrected chi connectivity index (χ1v) is 7.44. The van der Waals surface area contributed by atoms with Crippen molar-refractivity contribution >= 4 is 5.91 Å². The largest absolute Gasteiger partial charge is 0.396 e. The van der Waals surface area contributed by atoms with E-state index in [0.717, 1.165) is 51.9 Å². The zero-order valence-corrected chi connectivity index (χ0v) is 11.5. The van der Waals surface area contributed by atoms with Gasteiger partial charge in [0.2, 0.25) is 5.91 Å². The van der Waals surface area contributed by atoms with Crippen LogP contribution in [-0.4, -0.2) is 48.7 Å². The van der Waals surface area contributed by atoms with Crippen LogP contribution in [-0.2, 0) is 4.79 Å². The second-order valence-corrected chi connectivity index (χ2v) is 5.08. The number of likely N-dealkylation sites (tertiary alicyclic amines) is 1. The number of unbranched alkanes of at least 4 members (excludes halogenated alkanes) is 3. The van der Waals surface area contributed by atoms with Crippen molar-refractivity contribution in [2.45, 2.75) is 51.4 Å². The molecule has 0 aromatic rings. The van der Waals surface area contributed by atoms with E-state index in [9.17, 15) is 4.79 Å². The van der Waals surface area contributed by atoms with Crippen molar-refractivity contribution in [2.24, 2.45) is 0 Å². The Labute approximate surface area is 111 Å². The first-order valence-electron chi connectivity index (χ1n) is 7.44. The van der Waals surface area contributed by atoms with Crippen molar-refractivity contribution in [3.63, 3.8) is 0 Å². The zero-order valence-electron chi connectivity index (χ0n) is 11.5. The molecule has 1 amide bonds. The molecule has 0 aromatic heterocycles. The Kier molecular flexibility index (Phi) is 8.86. The summed E-state index contributed by atoms with van der Waals surface area (Å²) in [5.41, 5.74) is 0. The van der Waals surface area contributed by atoms with Crippen LogP contribution in [0.4, 0.5) is 0 Å². The SMILES string of the molecule is O=C(CCNCCCCCCO)N1CCCCC1. The Morgan fingerprint density at radius 1 is 1.00 bits per heavy atom. The quantitative estimate of drug-likeness (QED) is 0.615. The highest BCUT2D eigenvalue weighted by atomic mass is 16.2. The third-order valence-electron chi connectivity index (χ3n) is 3.49. The van der Waals surface area contributed by atoms with E-state index in [0.29, 0.717) is 18.9 Å². The van der Waals surface area contributed by atoms with Gasteiger partial charge in [0.15, 0.2) is 0 Å². The second kappa shape index (κ2) is 10.3. The Hall–Kier alpha value is -0.610. The molecule has 18 heavy (non-hydrogen) atoms. The molecule has 0 bridgehead atoms. The third-order valence-corrected chi connectivity index (χ3v) is 3.49. The molecule has 0 aromatic carbocycles. The molecule has 0 saturated carbocycles. The fourth-order valence-electron chi connectivity index (χ4n) is 2.34. The molecule has 1 aliphatic rings. The van der Waals surface area contributed by atoms with Gasteiger partial charge in [0.25, 0.3) is 0 Å². The lowest BCUT2D eigenvalue weighted by Crippen LogP contribution is -2.37. The van der Waals surface area contributed by atoms with Gasteiger partial charge in [-0.3, -0.25) is 4.79 Å². The molecule has 0 atom stereocenters. The minimum atomic E-state index is 0.303. The molecule has 2 N–H and O–H groups in total. The average molecular weight is 256 g/mol. The molecule has 1 saturated heterocycles. The summed E-state index contributed by atoms with van der Waals surface area (Å²) in [6, 6.07) is 0. The van der Waals surface area contributed by atoms with E-state index in [4.69, 9.17) is 5.11 Å². The van der Waals surface area contributed by atoms with Gasteiger partial charge in [0, 0.05) is 32.7 Å². The fourth-order valence-corrected chi connectivity index (χ4v) is 2.34. The van der Waals surface area contributed by atoms with Crippen molar-refractivity contribution in [2.75, 3.05) is 32.8 Å². The van der Waals surface area contributed by atoms with Crippen LogP contribution in [0.25, 0.3) is 0 Å². The van der Waals surface area contributed by atoms with Gasteiger partial charge < -0.3 is 15.3 Å². The predicted octanol–water partition coefficient (Wildman–Crippen LogP) is 1.53. The molecular weight excluding hydrogens is 228 g/mol. The Morgan fingerprint density at radius 2 is 1.72 bits per heavy atom. The molecule has 1 fully saturated rings. The number of rotatable bonds is 9. The number of hydrogen-bond donors (Lipinski definition) is 2. The summed E-state index contributed by atoms with van der Waals surface area (Å²) in [6.45, 7) is 4.01. The molecule has 0 radical (unpaired) electrons. The summed E-state index contributed by atoms with van der Waals surface area (Å²) in [4.78, 5) is 13.8. The van der Waals surface area contributed by atoms with Crippen molar-refractivity contribution in [3.05, 3.63) is 0 Å². The summed E-state index contributed by atoms with van der Waals surface area (Å²) in [6.07, 6.45) is 8.56. The maximum absolute atomic E-state index is 11.8. The van der Waals surface area contributed by atoms with Crippen LogP contribution in [0.2, 0.25) is 0 Å². The van der Waals surface area contributed by atoms with Crippen LogP contribution in [0.1, 0.15) is 51.4 Å². The number of aliphatic hydroxyl groups excluding tert-OH is 1. The van der Waals surface area contributed by atoms with E-state index < -0.39 is 0 Å². The molecule has 1 rings (SSSR count). The van der Waals surface area contributed by atoms with Gasteiger partial charge in [0.05, 0.1) is 0 Å². The van der Waals surface area contributed by atoms with E-state index in [1.807, 2.05) is 4.90 Å². The third kappa shape index (κ3) is 6.97. The molecule has 4 heteroatoms. The highest BCUT2D eigenvalue weighted by Gasteiger charge is 2.15. The van der Waals surface area contributed by atoms with Gasteiger partial charge in [-0.15, -0.1) is 0 Å². The second-order valence-electron chi connectivity index (χ2n) is 5.08. The number of nitrogens with zero attached hydrogens (tertiary/aromatic N) is 1. The lowest BCUT2D eigenvalue weighted by atomic mass is 10.1. The van der Waals surface area contributed by atoms with Crippen LogP contribution < -0.4 is 5.32 Å². The summed E-state index contributed by atoms with van der Waals surface area (Å²) in [5, 5.41) is 12.0.